The third-order valence-corrected chi connectivity index (χ3v) is 3.93. The van der Waals surface area contributed by atoms with Gasteiger partial charge in [-0.2, -0.15) is 5.26 Å². The van der Waals surface area contributed by atoms with Crippen LogP contribution in [0, 0.1) is 16.7 Å². The van der Waals surface area contributed by atoms with Crippen LogP contribution in [-0.2, 0) is 11.2 Å². The predicted octanol–water partition coefficient (Wildman–Crippen LogP) is 2.38. The Kier molecular flexibility index (Phi) is 3.38. The Hall–Kier alpha value is -1.82. The van der Waals surface area contributed by atoms with Crippen molar-refractivity contribution >= 4 is 5.91 Å². The highest BCUT2D eigenvalue weighted by Gasteiger charge is 2.32. The molecule has 0 saturated heterocycles. The first-order valence-corrected chi connectivity index (χ1v) is 6.38. The van der Waals surface area contributed by atoms with E-state index in [1.54, 1.807) is 6.92 Å². The van der Waals surface area contributed by atoms with E-state index in [2.05, 4.69) is 23.5 Å². The molecular weight excluding hydrogens is 224 g/mol. The summed E-state index contributed by atoms with van der Waals surface area (Å²) in [6.07, 6.45) is 1.56. The first-order chi connectivity index (χ1) is 8.60. The lowest BCUT2D eigenvalue weighted by molar-refractivity contribution is -0.127. The fourth-order valence-corrected chi connectivity index (χ4v) is 2.25. The summed E-state index contributed by atoms with van der Waals surface area (Å²) in [7, 11) is 0. The Balaban J connectivity index is 1.92. The van der Waals surface area contributed by atoms with Crippen LogP contribution < -0.4 is 5.32 Å². The highest BCUT2D eigenvalue weighted by molar-refractivity contribution is 5.84. The third kappa shape index (κ3) is 2.11. The van der Waals surface area contributed by atoms with Crippen molar-refractivity contribution in [2.24, 2.45) is 5.41 Å². The zero-order valence-electron chi connectivity index (χ0n) is 10.9. The van der Waals surface area contributed by atoms with Crippen LogP contribution in [0.3, 0.4) is 0 Å². The molecular formula is C15H18N2O. The van der Waals surface area contributed by atoms with E-state index in [0.717, 1.165) is 6.42 Å². The molecule has 1 N–H and O–H groups in total. The highest BCUT2D eigenvalue weighted by Crippen LogP contribution is 2.34. The number of nitrogens with one attached hydrogen (secondary N) is 1. The van der Waals surface area contributed by atoms with E-state index in [1.807, 2.05) is 19.1 Å². The van der Waals surface area contributed by atoms with Crippen LogP contribution in [0.4, 0.5) is 0 Å². The zero-order chi connectivity index (χ0) is 13.2. The second-order valence-corrected chi connectivity index (χ2v) is 5.11. The molecule has 3 heteroatoms. The number of hydrogen-bond donors (Lipinski definition) is 1. The van der Waals surface area contributed by atoms with E-state index < -0.39 is 5.41 Å². The maximum atomic E-state index is 11.9. The van der Waals surface area contributed by atoms with Gasteiger partial charge < -0.3 is 5.32 Å². The zero-order valence-corrected chi connectivity index (χ0v) is 10.9. The Labute approximate surface area is 108 Å². The number of nitriles is 1. The Bertz CT molecular complexity index is 503. The van der Waals surface area contributed by atoms with Gasteiger partial charge in [0.1, 0.15) is 5.41 Å². The van der Waals surface area contributed by atoms with Crippen molar-refractivity contribution in [1.29, 1.82) is 5.26 Å². The number of nitrogens with zero attached hydrogens (tertiary/aromatic N) is 1. The van der Waals surface area contributed by atoms with Crippen LogP contribution in [0.5, 0.6) is 0 Å². The molecule has 2 atom stereocenters. The molecule has 0 radical (unpaired) electrons. The molecule has 0 bridgehead atoms. The number of amides is 1. The number of rotatable bonds is 4. The molecule has 0 aromatic heterocycles. The van der Waals surface area contributed by atoms with Gasteiger partial charge in [-0.15, -0.1) is 0 Å². The van der Waals surface area contributed by atoms with Gasteiger partial charge in [-0.1, -0.05) is 31.2 Å². The molecule has 2 rings (SSSR count). The van der Waals surface area contributed by atoms with Gasteiger partial charge in [-0.05, 0) is 30.9 Å². The molecule has 0 spiro atoms. The third-order valence-electron chi connectivity index (χ3n) is 3.93. The van der Waals surface area contributed by atoms with Gasteiger partial charge >= 0.3 is 0 Å². The van der Waals surface area contributed by atoms with Crippen LogP contribution in [0.15, 0.2) is 24.3 Å². The van der Waals surface area contributed by atoms with Crippen molar-refractivity contribution in [1.82, 2.24) is 5.32 Å². The van der Waals surface area contributed by atoms with Crippen molar-refractivity contribution in [2.75, 3.05) is 6.54 Å². The molecule has 1 aromatic rings. The van der Waals surface area contributed by atoms with Gasteiger partial charge in [0.15, 0.2) is 0 Å². The smallest absolute Gasteiger partial charge is 0.240 e. The lowest BCUT2D eigenvalue weighted by Gasteiger charge is -2.31. The van der Waals surface area contributed by atoms with E-state index in [-0.39, 0.29) is 5.91 Å². The average Bonchev–Trinajstić information content (AvgIpc) is 2.38. The van der Waals surface area contributed by atoms with Crippen LogP contribution in [0.25, 0.3) is 0 Å². The summed E-state index contributed by atoms with van der Waals surface area (Å²) in [5.74, 6) is 0.252. The van der Waals surface area contributed by atoms with Gasteiger partial charge in [0.2, 0.25) is 5.91 Å². The lowest BCUT2D eigenvalue weighted by atomic mass is 9.77. The van der Waals surface area contributed by atoms with Gasteiger partial charge in [0, 0.05) is 12.5 Å². The first kappa shape index (κ1) is 12.6. The quantitative estimate of drug-likeness (QED) is 0.881. The molecule has 1 aromatic carbocycles. The Morgan fingerprint density at radius 3 is 2.89 bits per heavy atom. The number of benzene rings is 1. The van der Waals surface area contributed by atoms with Gasteiger partial charge in [0.25, 0.3) is 0 Å². The molecule has 3 nitrogen and oxygen atoms in total. The fourth-order valence-electron chi connectivity index (χ4n) is 2.25. The highest BCUT2D eigenvalue weighted by atomic mass is 16.2. The molecule has 94 valence electrons. The summed E-state index contributed by atoms with van der Waals surface area (Å²) >= 11 is 0. The number of carbonyl (C=O) groups excluding carboxylic acids is 1. The standard InChI is InChI=1S/C15H18N2O/c1-3-15(2,10-16)14(18)17-9-12-8-11-6-4-5-7-13(11)12/h4-7,12H,3,8-9H2,1-2H3,(H,17,18). The molecule has 0 aliphatic heterocycles. The van der Waals surface area contributed by atoms with E-state index >= 15 is 0 Å². The molecule has 1 amide bonds. The molecule has 0 saturated carbocycles. The maximum absolute atomic E-state index is 11.9. The molecule has 1 aliphatic carbocycles. The number of hydrogen-bond acceptors (Lipinski definition) is 2. The normalized spacial score (nSPS) is 19.9. The van der Waals surface area contributed by atoms with E-state index in [0.29, 0.717) is 18.9 Å². The van der Waals surface area contributed by atoms with Crippen LogP contribution in [-0.4, -0.2) is 12.5 Å². The summed E-state index contributed by atoms with van der Waals surface area (Å²) in [5, 5.41) is 11.9. The van der Waals surface area contributed by atoms with Crippen molar-refractivity contribution < 1.29 is 4.79 Å². The summed E-state index contributed by atoms with van der Waals surface area (Å²) in [5.41, 5.74) is 1.80. The molecule has 1 aliphatic rings. The van der Waals surface area contributed by atoms with E-state index in [9.17, 15) is 4.79 Å². The monoisotopic (exact) mass is 242 g/mol. The molecule has 0 fully saturated rings. The maximum Gasteiger partial charge on any atom is 0.240 e. The summed E-state index contributed by atoms with van der Waals surface area (Å²) < 4.78 is 0. The second-order valence-electron chi connectivity index (χ2n) is 5.11. The lowest BCUT2D eigenvalue weighted by Crippen LogP contribution is -2.41. The van der Waals surface area contributed by atoms with Crippen molar-refractivity contribution in [3.05, 3.63) is 35.4 Å². The summed E-state index contributed by atoms with van der Waals surface area (Å²) in [6.45, 7) is 4.19. The van der Waals surface area contributed by atoms with Gasteiger partial charge in [0.05, 0.1) is 6.07 Å². The summed E-state index contributed by atoms with van der Waals surface area (Å²) in [6, 6.07) is 10.4. The minimum Gasteiger partial charge on any atom is -0.354 e. The fraction of sp³-hybridized carbons (Fsp3) is 0.467. The molecule has 0 heterocycles. The molecule has 2 unspecified atom stereocenters. The van der Waals surface area contributed by atoms with Crippen molar-refractivity contribution in [3.63, 3.8) is 0 Å². The molecule has 18 heavy (non-hydrogen) atoms. The van der Waals surface area contributed by atoms with Crippen LogP contribution >= 0.6 is 0 Å². The van der Waals surface area contributed by atoms with Crippen LogP contribution in [0.2, 0.25) is 0 Å². The van der Waals surface area contributed by atoms with Crippen molar-refractivity contribution in [3.8, 4) is 6.07 Å². The second kappa shape index (κ2) is 4.81. The Morgan fingerprint density at radius 2 is 2.28 bits per heavy atom. The SMILES string of the molecule is CCC(C)(C#N)C(=O)NCC1Cc2ccccc21. The van der Waals surface area contributed by atoms with Gasteiger partial charge in [-0.3, -0.25) is 4.79 Å². The average molecular weight is 242 g/mol. The predicted molar refractivity (Wildman–Crippen MR) is 69.9 cm³/mol. The largest absolute Gasteiger partial charge is 0.354 e. The Morgan fingerprint density at radius 1 is 1.56 bits per heavy atom. The van der Waals surface area contributed by atoms with Crippen LogP contribution in [0.1, 0.15) is 37.3 Å². The minimum atomic E-state index is -0.900. The van der Waals surface area contributed by atoms with Gasteiger partial charge in [-0.25, -0.2) is 0 Å². The minimum absolute atomic E-state index is 0.156. The first-order valence-electron chi connectivity index (χ1n) is 6.38. The van der Waals surface area contributed by atoms with E-state index in [4.69, 9.17) is 5.26 Å². The number of fused-ring (bicyclic) bond motifs is 1. The summed E-state index contributed by atoms with van der Waals surface area (Å²) in [4.78, 5) is 11.9. The van der Waals surface area contributed by atoms with Crippen molar-refractivity contribution in [2.45, 2.75) is 32.6 Å². The topological polar surface area (TPSA) is 52.9 Å². The van der Waals surface area contributed by atoms with E-state index in [1.165, 1.54) is 11.1 Å². The number of carbonyl (C=O) groups is 1.